The fourth-order valence-electron chi connectivity index (χ4n) is 2.86. The molecular formula is C15H17N6O3+. The molecule has 24 heavy (non-hydrogen) atoms. The highest BCUT2D eigenvalue weighted by Gasteiger charge is 2.25. The Kier molecular flexibility index (Phi) is 4.35. The van der Waals surface area contributed by atoms with Crippen LogP contribution in [0.3, 0.4) is 0 Å². The first-order valence-corrected chi connectivity index (χ1v) is 7.65. The van der Waals surface area contributed by atoms with Crippen LogP contribution in [0.4, 0.5) is 11.4 Å². The van der Waals surface area contributed by atoms with E-state index in [9.17, 15) is 14.9 Å². The van der Waals surface area contributed by atoms with Crippen LogP contribution in [0.2, 0.25) is 0 Å². The molecule has 0 atom stereocenters. The molecule has 0 spiro atoms. The number of anilines is 1. The third-order valence-corrected chi connectivity index (χ3v) is 4.19. The van der Waals surface area contributed by atoms with Crippen molar-refractivity contribution in [1.82, 2.24) is 5.43 Å². The van der Waals surface area contributed by atoms with Crippen LogP contribution in [-0.4, -0.2) is 53.3 Å². The molecule has 0 unspecified atom stereocenters. The van der Waals surface area contributed by atoms with Gasteiger partial charge in [0.2, 0.25) is 5.91 Å². The Labute approximate surface area is 137 Å². The molecular weight excluding hydrogens is 312 g/mol. The van der Waals surface area contributed by atoms with Crippen molar-refractivity contribution < 1.29 is 14.3 Å². The zero-order chi connectivity index (χ0) is 17.1. The molecule has 2 aliphatic heterocycles. The van der Waals surface area contributed by atoms with Crippen molar-refractivity contribution in [2.24, 2.45) is 5.10 Å². The Morgan fingerprint density at radius 2 is 2.08 bits per heavy atom. The molecule has 2 N–H and O–H groups in total. The van der Waals surface area contributed by atoms with Crippen molar-refractivity contribution in [2.45, 2.75) is 12.8 Å². The Morgan fingerprint density at radius 3 is 2.67 bits per heavy atom. The molecule has 1 saturated heterocycles. The van der Waals surface area contributed by atoms with Gasteiger partial charge in [-0.25, -0.2) is 10.0 Å². The third-order valence-electron chi connectivity index (χ3n) is 4.19. The number of nitrogens with one attached hydrogen (secondary N) is 2. The van der Waals surface area contributed by atoms with Gasteiger partial charge in [-0.15, -0.1) is 0 Å². The van der Waals surface area contributed by atoms with Crippen LogP contribution >= 0.6 is 0 Å². The monoisotopic (exact) mass is 329 g/mol. The first kappa shape index (κ1) is 15.8. The van der Waals surface area contributed by atoms with E-state index in [-0.39, 0.29) is 11.6 Å². The van der Waals surface area contributed by atoms with Crippen molar-refractivity contribution >= 4 is 29.0 Å². The minimum atomic E-state index is -0.393. The van der Waals surface area contributed by atoms with Gasteiger partial charge in [-0.05, 0) is 6.07 Å². The fraction of sp³-hybridized carbons (Fsp3) is 0.400. The quantitative estimate of drug-likeness (QED) is 0.369. The van der Waals surface area contributed by atoms with Gasteiger partial charge in [-0.2, -0.15) is 5.10 Å². The molecule has 2 heterocycles. The van der Waals surface area contributed by atoms with Crippen molar-refractivity contribution in [3.8, 4) is 0 Å². The molecule has 3 rings (SSSR count). The highest BCUT2D eigenvalue weighted by Crippen LogP contribution is 2.30. The summed E-state index contributed by atoms with van der Waals surface area (Å²) < 4.78 is 1.75. The van der Waals surface area contributed by atoms with Crippen LogP contribution in [0, 0.1) is 15.5 Å². The first-order chi connectivity index (χ1) is 11.6. The van der Waals surface area contributed by atoms with Gasteiger partial charge in [0, 0.05) is 24.5 Å². The molecule has 2 aliphatic rings. The number of hydrogen-bond acceptors (Lipinski definition) is 6. The summed E-state index contributed by atoms with van der Waals surface area (Å²) in [5, 5.41) is 22.6. The highest BCUT2D eigenvalue weighted by atomic mass is 16.6. The van der Waals surface area contributed by atoms with E-state index in [1.165, 1.54) is 6.07 Å². The van der Waals surface area contributed by atoms with Crippen molar-refractivity contribution in [3.63, 3.8) is 0 Å². The molecule has 0 aliphatic carbocycles. The fourth-order valence-corrected chi connectivity index (χ4v) is 2.86. The molecule has 1 aromatic rings. The van der Waals surface area contributed by atoms with Crippen LogP contribution in [0.15, 0.2) is 23.3 Å². The molecule has 0 aromatic heterocycles. The number of carbonyl (C=O) groups is 1. The molecule has 0 saturated carbocycles. The van der Waals surface area contributed by atoms with Crippen LogP contribution in [0.1, 0.15) is 18.4 Å². The van der Waals surface area contributed by atoms with Crippen LogP contribution in [0.5, 0.6) is 0 Å². The zero-order valence-electron chi connectivity index (χ0n) is 13.0. The summed E-state index contributed by atoms with van der Waals surface area (Å²) in [6, 6.07) is 7.39. The van der Waals surface area contributed by atoms with E-state index in [4.69, 9.17) is 5.41 Å². The summed E-state index contributed by atoms with van der Waals surface area (Å²) in [6.45, 7) is 2.43. The van der Waals surface area contributed by atoms with Gasteiger partial charge in [0.1, 0.15) is 18.8 Å². The number of nitro benzene ring substituents is 1. The van der Waals surface area contributed by atoms with E-state index in [0.29, 0.717) is 56.0 Å². The summed E-state index contributed by atoms with van der Waals surface area (Å²) >= 11 is 0. The number of nitrogens with zero attached hydrogens (tertiary/aromatic N) is 4. The third kappa shape index (κ3) is 3.16. The van der Waals surface area contributed by atoms with Gasteiger partial charge >= 0.3 is 6.01 Å². The molecule has 9 nitrogen and oxygen atoms in total. The number of hydrogen-bond donors (Lipinski definition) is 2. The maximum absolute atomic E-state index is 11.5. The number of rotatable bonds is 3. The minimum absolute atomic E-state index is 0.0272. The van der Waals surface area contributed by atoms with E-state index < -0.39 is 4.92 Å². The average molecular weight is 329 g/mol. The van der Waals surface area contributed by atoms with E-state index in [0.717, 1.165) is 0 Å². The minimum Gasteiger partial charge on any atom is -0.358 e. The van der Waals surface area contributed by atoms with E-state index in [2.05, 4.69) is 16.5 Å². The normalized spacial score (nSPS) is 17.8. The number of benzene rings is 1. The van der Waals surface area contributed by atoms with Crippen molar-refractivity contribution in [1.29, 1.82) is 5.41 Å². The predicted octanol–water partition coefficient (Wildman–Crippen LogP) is 0.794. The summed E-state index contributed by atoms with van der Waals surface area (Å²) in [7, 11) is 0. The maximum Gasteiger partial charge on any atom is 0.303 e. The number of amides is 1. The van der Waals surface area contributed by atoms with Gasteiger partial charge in [0.15, 0.2) is 0 Å². The standard InChI is InChI=1S/C15H16N6O3/c16-10-19-5-7-20(8-6-19)13-3-1-11(9-14(13)21(23)24)12-2-4-15(22)18-17-12/h1,3,9,16H,2,4-8H2/p+1. The largest absolute Gasteiger partial charge is 0.358 e. The molecule has 0 radical (unpaired) electrons. The molecule has 0 bridgehead atoms. The molecule has 1 amide bonds. The summed E-state index contributed by atoms with van der Waals surface area (Å²) in [4.78, 5) is 24.2. The Bertz CT molecular complexity index is 771. The summed E-state index contributed by atoms with van der Waals surface area (Å²) in [5.74, 6) is -0.147. The van der Waals surface area contributed by atoms with E-state index in [1.54, 1.807) is 16.7 Å². The van der Waals surface area contributed by atoms with Gasteiger partial charge in [0.25, 0.3) is 5.69 Å². The second-order valence-electron chi connectivity index (χ2n) is 5.64. The lowest BCUT2D eigenvalue weighted by Gasteiger charge is -2.27. The Hall–Kier alpha value is -3.06. The second-order valence-corrected chi connectivity index (χ2v) is 5.64. The van der Waals surface area contributed by atoms with Crippen LogP contribution < -0.4 is 10.3 Å². The Morgan fingerprint density at radius 1 is 1.33 bits per heavy atom. The van der Waals surface area contributed by atoms with Crippen LogP contribution in [0.25, 0.3) is 0 Å². The summed E-state index contributed by atoms with van der Waals surface area (Å²) in [5.41, 5.74) is 4.29. The maximum atomic E-state index is 11.5. The molecule has 1 fully saturated rings. The average Bonchev–Trinajstić information content (AvgIpc) is 2.62. The van der Waals surface area contributed by atoms with Gasteiger partial charge in [0.05, 0.1) is 23.7 Å². The van der Waals surface area contributed by atoms with Gasteiger partial charge in [-0.3, -0.25) is 14.9 Å². The topological polar surface area (TPSA) is 115 Å². The number of nitro groups is 1. The lowest BCUT2D eigenvalue weighted by atomic mass is 10.0. The van der Waals surface area contributed by atoms with Crippen LogP contribution in [-0.2, 0) is 4.79 Å². The van der Waals surface area contributed by atoms with E-state index in [1.807, 2.05) is 4.90 Å². The molecule has 124 valence electrons. The summed E-state index contributed by atoms with van der Waals surface area (Å²) in [6.07, 6.45) is 0.798. The molecule has 1 aromatic carbocycles. The lowest BCUT2D eigenvalue weighted by molar-refractivity contribution is -0.524. The molecule has 9 heteroatoms. The van der Waals surface area contributed by atoms with E-state index >= 15 is 0 Å². The smallest absolute Gasteiger partial charge is 0.303 e. The number of carbonyl (C=O) groups excluding carboxylic acids is 1. The van der Waals surface area contributed by atoms with Gasteiger partial charge in [-0.1, -0.05) is 11.5 Å². The zero-order valence-corrected chi connectivity index (χ0v) is 13.0. The van der Waals surface area contributed by atoms with Crippen molar-refractivity contribution in [3.05, 3.63) is 33.9 Å². The lowest BCUT2D eigenvalue weighted by Crippen LogP contribution is -2.42. The van der Waals surface area contributed by atoms with Gasteiger partial charge < -0.3 is 4.90 Å². The number of piperazine rings is 1. The SMILES string of the molecule is N=C=[N+]1CCN(c2ccc(C3=NNC(=O)CC3)cc2[N+](=O)[O-])CC1. The Balaban J connectivity index is 1.90. The number of hydrazone groups is 1. The predicted molar refractivity (Wildman–Crippen MR) is 86.9 cm³/mol. The first-order valence-electron chi connectivity index (χ1n) is 7.65. The second kappa shape index (κ2) is 6.59. The van der Waals surface area contributed by atoms with Crippen molar-refractivity contribution in [2.75, 3.05) is 31.1 Å². The highest BCUT2D eigenvalue weighted by molar-refractivity contribution is 6.05.